The van der Waals surface area contributed by atoms with Gasteiger partial charge >= 0.3 is 0 Å². The van der Waals surface area contributed by atoms with Gasteiger partial charge < -0.3 is 15.7 Å². The van der Waals surface area contributed by atoms with E-state index in [1.165, 1.54) is 4.90 Å². The average molecular weight is 247 g/mol. The average Bonchev–Trinajstić information content (AvgIpc) is 2.75. The molecule has 1 aromatic heterocycles. The summed E-state index contributed by atoms with van der Waals surface area (Å²) in [5.74, 6) is -0.0286. The summed E-state index contributed by atoms with van der Waals surface area (Å²) in [4.78, 5) is 17.1. The van der Waals surface area contributed by atoms with E-state index in [0.717, 1.165) is 5.56 Å². The molecule has 0 aliphatic rings. The molecule has 0 spiro atoms. The molecule has 7 nitrogen and oxygen atoms in total. The van der Waals surface area contributed by atoms with Crippen LogP contribution in [0, 0.1) is 0 Å². The third kappa shape index (κ3) is 2.57. The van der Waals surface area contributed by atoms with Crippen LogP contribution in [-0.2, 0) is 6.54 Å². The molecule has 1 amide bonds. The molecule has 94 valence electrons. The van der Waals surface area contributed by atoms with Gasteiger partial charge in [-0.15, -0.1) is 5.10 Å². The Hall–Kier alpha value is -2.57. The minimum absolute atomic E-state index is 0.0316. The fraction of sp³-hybridized carbons (Fsp3) is 0.182. The number of rotatable bonds is 3. The van der Waals surface area contributed by atoms with Gasteiger partial charge in [-0.05, 0) is 17.7 Å². The zero-order valence-electron chi connectivity index (χ0n) is 9.79. The number of hydrogen-bond acceptors (Lipinski definition) is 5. The molecule has 0 radical (unpaired) electrons. The van der Waals surface area contributed by atoms with Gasteiger partial charge in [0.25, 0.3) is 5.91 Å². The number of nitrogen functional groups attached to an aromatic ring is 1. The molecule has 4 N–H and O–H groups in total. The van der Waals surface area contributed by atoms with Crippen molar-refractivity contribution in [2.75, 3.05) is 12.8 Å². The van der Waals surface area contributed by atoms with Crippen LogP contribution in [0.3, 0.4) is 0 Å². The Kier molecular flexibility index (Phi) is 3.13. The van der Waals surface area contributed by atoms with Gasteiger partial charge in [-0.3, -0.25) is 9.89 Å². The number of carbonyl (C=O) groups is 1. The number of benzene rings is 1. The molecular weight excluding hydrogens is 234 g/mol. The second kappa shape index (κ2) is 4.74. The summed E-state index contributed by atoms with van der Waals surface area (Å²) in [6.07, 6.45) is 0. The maximum atomic E-state index is 11.9. The number of anilines is 1. The van der Waals surface area contributed by atoms with E-state index in [-0.39, 0.29) is 23.4 Å². The maximum absolute atomic E-state index is 11.9. The Morgan fingerprint density at radius 2 is 2.33 bits per heavy atom. The molecule has 2 aromatic rings. The van der Waals surface area contributed by atoms with Gasteiger partial charge in [0, 0.05) is 13.6 Å². The summed E-state index contributed by atoms with van der Waals surface area (Å²) in [5.41, 5.74) is 6.15. The van der Waals surface area contributed by atoms with E-state index < -0.39 is 0 Å². The third-order valence-electron chi connectivity index (χ3n) is 2.38. The highest BCUT2D eigenvalue weighted by Gasteiger charge is 2.16. The SMILES string of the molecule is CN(Cc1cccc(O)c1)C(=O)c1nc(N)n[nH]1. The first-order chi connectivity index (χ1) is 8.56. The van der Waals surface area contributed by atoms with E-state index in [1.54, 1.807) is 25.2 Å². The van der Waals surface area contributed by atoms with Crippen LogP contribution >= 0.6 is 0 Å². The summed E-state index contributed by atoms with van der Waals surface area (Å²) >= 11 is 0. The van der Waals surface area contributed by atoms with Crippen LogP contribution in [-0.4, -0.2) is 38.1 Å². The number of phenolic OH excluding ortho intramolecular Hbond substituents is 1. The van der Waals surface area contributed by atoms with Crippen LogP contribution in [0.25, 0.3) is 0 Å². The number of nitrogens with zero attached hydrogens (tertiary/aromatic N) is 3. The van der Waals surface area contributed by atoms with Gasteiger partial charge in [-0.25, -0.2) is 0 Å². The van der Waals surface area contributed by atoms with Crippen LogP contribution in [0.15, 0.2) is 24.3 Å². The van der Waals surface area contributed by atoms with Crippen molar-refractivity contribution < 1.29 is 9.90 Å². The number of aromatic amines is 1. The topological polar surface area (TPSA) is 108 Å². The molecule has 7 heteroatoms. The van der Waals surface area contributed by atoms with Crippen LogP contribution in [0.4, 0.5) is 5.95 Å². The normalized spacial score (nSPS) is 10.3. The number of phenols is 1. The number of hydrogen-bond donors (Lipinski definition) is 3. The van der Waals surface area contributed by atoms with Gasteiger partial charge in [0.1, 0.15) is 5.75 Å². The number of carbonyl (C=O) groups excluding carboxylic acids is 1. The van der Waals surface area contributed by atoms with Crippen LogP contribution < -0.4 is 5.73 Å². The van der Waals surface area contributed by atoms with E-state index in [0.29, 0.717) is 6.54 Å². The molecule has 0 atom stereocenters. The lowest BCUT2D eigenvalue weighted by atomic mass is 10.2. The van der Waals surface area contributed by atoms with Gasteiger partial charge in [-0.1, -0.05) is 12.1 Å². The molecule has 0 saturated heterocycles. The molecule has 0 unspecified atom stereocenters. The number of amides is 1. The Labute approximate surface area is 103 Å². The minimum atomic E-state index is -0.317. The first-order valence-corrected chi connectivity index (χ1v) is 5.27. The van der Waals surface area contributed by atoms with Crippen molar-refractivity contribution in [3.8, 4) is 5.75 Å². The second-order valence-corrected chi connectivity index (χ2v) is 3.87. The minimum Gasteiger partial charge on any atom is -0.508 e. The quantitative estimate of drug-likeness (QED) is 0.726. The molecule has 0 aliphatic heterocycles. The second-order valence-electron chi connectivity index (χ2n) is 3.87. The number of nitrogens with one attached hydrogen (secondary N) is 1. The van der Waals surface area contributed by atoms with E-state index in [1.807, 2.05) is 6.07 Å². The van der Waals surface area contributed by atoms with Crippen molar-refractivity contribution in [2.24, 2.45) is 0 Å². The lowest BCUT2D eigenvalue weighted by Gasteiger charge is -2.15. The van der Waals surface area contributed by atoms with Gasteiger partial charge in [0.2, 0.25) is 11.8 Å². The zero-order chi connectivity index (χ0) is 13.1. The van der Waals surface area contributed by atoms with Gasteiger partial charge in [0.15, 0.2) is 0 Å². The molecule has 0 bridgehead atoms. The highest BCUT2D eigenvalue weighted by Crippen LogP contribution is 2.13. The molecule has 0 aliphatic carbocycles. The van der Waals surface area contributed by atoms with Crippen molar-refractivity contribution in [2.45, 2.75) is 6.54 Å². The largest absolute Gasteiger partial charge is 0.508 e. The van der Waals surface area contributed by atoms with E-state index in [9.17, 15) is 9.90 Å². The molecule has 0 fully saturated rings. The summed E-state index contributed by atoms with van der Waals surface area (Å²) < 4.78 is 0. The van der Waals surface area contributed by atoms with Crippen molar-refractivity contribution in [3.05, 3.63) is 35.7 Å². The monoisotopic (exact) mass is 247 g/mol. The van der Waals surface area contributed by atoms with Crippen LogP contribution in [0.1, 0.15) is 16.2 Å². The number of aromatic nitrogens is 3. The Morgan fingerprint density at radius 1 is 1.56 bits per heavy atom. The Balaban J connectivity index is 2.08. The molecular formula is C11H13N5O2. The lowest BCUT2D eigenvalue weighted by Crippen LogP contribution is -2.27. The van der Waals surface area contributed by atoms with Crippen molar-refractivity contribution in [1.82, 2.24) is 20.1 Å². The maximum Gasteiger partial charge on any atom is 0.291 e. The summed E-state index contributed by atoms with van der Waals surface area (Å²) in [7, 11) is 1.63. The lowest BCUT2D eigenvalue weighted by molar-refractivity contribution is 0.0773. The zero-order valence-corrected chi connectivity index (χ0v) is 9.79. The standard InChI is InChI=1S/C11H13N5O2/c1-16(6-7-3-2-4-8(17)5-7)10(18)9-13-11(12)15-14-9/h2-5,17H,6H2,1H3,(H3,12,13,14,15). The molecule has 1 heterocycles. The summed E-state index contributed by atoms with van der Waals surface area (Å²) in [6.45, 7) is 0.355. The van der Waals surface area contributed by atoms with E-state index in [2.05, 4.69) is 15.2 Å². The highest BCUT2D eigenvalue weighted by molar-refractivity contribution is 5.90. The van der Waals surface area contributed by atoms with Crippen molar-refractivity contribution >= 4 is 11.9 Å². The van der Waals surface area contributed by atoms with E-state index in [4.69, 9.17) is 5.73 Å². The summed E-state index contributed by atoms with van der Waals surface area (Å²) in [5, 5.41) is 15.4. The van der Waals surface area contributed by atoms with Crippen LogP contribution in [0.2, 0.25) is 0 Å². The number of aromatic hydroxyl groups is 1. The van der Waals surface area contributed by atoms with Gasteiger partial charge in [0.05, 0.1) is 0 Å². The molecule has 18 heavy (non-hydrogen) atoms. The number of H-pyrrole nitrogens is 1. The predicted octanol–water partition coefficient (Wildman–Crippen LogP) is 0.365. The summed E-state index contributed by atoms with van der Waals surface area (Å²) in [6, 6.07) is 6.70. The third-order valence-corrected chi connectivity index (χ3v) is 2.38. The smallest absolute Gasteiger partial charge is 0.291 e. The van der Waals surface area contributed by atoms with Crippen LogP contribution in [0.5, 0.6) is 5.75 Å². The van der Waals surface area contributed by atoms with E-state index >= 15 is 0 Å². The van der Waals surface area contributed by atoms with Crippen molar-refractivity contribution in [3.63, 3.8) is 0 Å². The van der Waals surface area contributed by atoms with Crippen molar-refractivity contribution in [1.29, 1.82) is 0 Å². The molecule has 1 aromatic carbocycles. The Morgan fingerprint density at radius 3 is 2.94 bits per heavy atom. The first-order valence-electron chi connectivity index (χ1n) is 5.27. The predicted molar refractivity (Wildman–Crippen MR) is 64.7 cm³/mol. The molecule has 2 rings (SSSR count). The number of nitrogens with two attached hydrogens (primary N) is 1. The molecule has 0 saturated carbocycles. The fourth-order valence-corrected chi connectivity index (χ4v) is 1.55. The Bertz CT molecular complexity index is 566. The first kappa shape index (κ1) is 11.9. The highest BCUT2D eigenvalue weighted by atomic mass is 16.3. The van der Waals surface area contributed by atoms with Gasteiger partial charge in [-0.2, -0.15) is 4.98 Å². The fourth-order valence-electron chi connectivity index (χ4n) is 1.55.